The van der Waals surface area contributed by atoms with Crippen LogP contribution >= 0.6 is 0 Å². The van der Waals surface area contributed by atoms with Gasteiger partial charge in [0.1, 0.15) is 5.52 Å². The summed E-state index contributed by atoms with van der Waals surface area (Å²) in [5.74, 6) is 0.865. The van der Waals surface area contributed by atoms with Crippen LogP contribution in [0.15, 0.2) is 30.5 Å². The van der Waals surface area contributed by atoms with Crippen molar-refractivity contribution in [3.63, 3.8) is 0 Å². The highest BCUT2D eigenvalue weighted by molar-refractivity contribution is 5.80. The van der Waals surface area contributed by atoms with E-state index in [0.717, 1.165) is 40.8 Å². The van der Waals surface area contributed by atoms with E-state index in [9.17, 15) is 0 Å². The van der Waals surface area contributed by atoms with E-state index in [1.54, 1.807) is 13.3 Å². The summed E-state index contributed by atoms with van der Waals surface area (Å²) >= 11 is 0. The Labute approximate surface area is 128 Å². The number of anilines is 1. The topological polar surface area (TPSA) is 86.8 Å². The molecule has 0 spiro atoms. The Morgan fingerprint density at radius 2 is 1.95 bits per heavy atom. The van der Waals surface area contributed by atoms with Crippen molar-refractivity contribution < 1.29 is 4.74 Å². The van der Waals surface area contributed by atoms with Gasteiger partial charge in [0.05, 0.1) is 24.0 Å². The molecule has 3 heterocycles. The molecule has 0 aliphatic carbocycles. The number of ether oxygens (including phenoxy) is 1. The number of methoxy groups -OCH3 is 1. The van der Waals surface area contributed by atoms with Gasteiger partial charge in [-0.2, -0.15) is 0 Å². The molecule has 0 aromatic carbocycles. The van der Waals surface area contributed by atoms with Crippen LogP contribution in [0.2, 0.25) is 0 Å². The quantitative estimate of drug-likeness (QED) is 0.796. The van der Waals surface area contributed by atoms with E-state index in [4.69, 9.17) is 15.5 Å². The molecule has 0 saturated carbocycles. The van der Waals surface area contributed by atoms with Gasteiger partial charge in [0, 0.05) is 17.8 Å². The molecule has 2 N–H and O–H groups in total. The minimum atomic E-state index is 0.289. The van der Waals surface area contributed by atoms with Crippen molar-refractivity contribution in [2.45, 2.75) is 19.8 Å². The number of hydrogen-bond donors (Lipinski definition) is 1. The third-order valence-corrected chi connectivity index (χ3v) is 3.36. The maximum atomic E-state index is 5.76. The molecule has 3 aromatic rings. The SMILES string of the molecule is CCCc1nc(N)nc2ccc(-c3ccc(OC)nc3)nc12. The van der Waals surface area contributed by atoms with E-state index in [-0.39, 0.29) is 5.95 Å². The van der Waals surface area contributed by atoms with Gasteiger partial charge in [-0.25, -0.2) is 19.9 Å². The number of rotatable bonds is 4. The highest BCUT2D eigenvalue weighted by Gasteiger charge is 2.09. The van der Waals surface area contributed by atoms with E-state index in [1.807, 2.05) is 24.3 Å². The third-order valence-electron chi connectivity index (χ3n) is 3.36. The van der Waals surface area contributed by atoms with Gasteiger partial charge in [-0.05, 0) is 24.6 Å². The summed E-state index contributed by atoms with van der Waals surface area (Å²) in [7, 11) is 1.59. The van der Waals surface area contributed by atoms with Gasteiger partial charge in [0.2, 0.25) is 11.8 Å². The molecule has 3 rings (SSSR count). The normalized spacial score (nSPS) is 10.8. The minimum Gasteiger partial charge on any atom is -0.481 e. The average Bonchev–Trinajstić information content (AvgIpc) is 2.55. The molecule has 0 fully saturated rings. The fourth-order valence-electron chi connectivity index (χ4n) is 2.32. The molecular formula is C16H17N5O. The van der Waals surface area contributed by atoms with Gasteiger partial charge < -0.3 is 10.5 Å². The molecule has 0 atom stereocenters. The first-order valence-electron chi connectivity index (χ1n) is 7.15. The van der Waals surface area contributed by atoms with Crippen LogP contribution in [0.5, 0.6) is 5.88 Å². The van der Waals surface area contributed by atoms with Gasteiger partial charge in [-0.3, -0.25) is 0 Å². The van der Waals surface area contributed by atoms with E-state index in [1.165, 1.54) is 0 Å². The predicted octanol–water partition coefficient (Wildman–Crippen LogP) is 2.63. The lowest BCUT2D eigenvalue weighted by Gasteiger charge is -2.07. The summed E-state index contributed by atoms with van der Waals surface area (Å²) in [5.41, 5.74) is 9.95. The second kappa shape index (κ2) is 5.93. The molecule has 0 aliphatic heterocycles. The fourth-order valence-corrected chi connectivity index (χ4v) is 2.32. The Bertz CT molecular complexity index is 801. The van der Waals surface area contributed by atoms with Gasteiger partial charge in [-0.15, -0.1) is 0 Å². The highest BCUT2D eigenvalue weighted by atomic mass is 16.5. The molecule has 112 valence electrons. The molecule has 0 amide bonds. The number of nitrogen functional groups attached to an aromatic ring is 1. The molecule has 0 radical (unpaired) electrons. The van der Waals surface area contributed by atoms with Crippen LogP contribution in [0.1, 0.15) is 19.0 Å². The van der Waals surface area contributed by atoms with Crippen LogP contribution < -0.4 is 10.5 Å². The van der Waals surface area contributed by atoms with Crippen LogP contribution in [-0.2, 0) is 6.42 Å². The Hall–Kier alpha value is -2.76. The van der Waals surface area contributed by atoms with E-state index < -0.39 is 0 Å². The molecular weight excluding hydrogens is 278 g/mol. The van der Waals surface area contributed by atoms with Crippen molar-refractivity contribution in [2.75, 3.05) is 12.8 Å². The van der Waals surface area contributed by atoms with Crippen molar-refractivity contribution in [3.05, 3.63) is 36.2 Å². The summed E-state index contributed by atoms with van der Waals surface area (Å²) in [6.07, 6.45) is 3.53. The molecule has 0 saturated heterocycles. The number of aryl methyl sites for hydroxylation is 1. The smallest absolute Gasteiger partial charge is 0.220 e. The van der Waals surface area contributed by atoms with E-state index in [0.29, 0.717) is 5.88 Å². The molecule has 0 bridgehead atoms. The Balaban J connectivity index is 2.11. The molecule has 3 aromatic heterocycles. The van der Waals surface area contributed by atoms with Crippen molar-refractivity contribution >= 4 is 17.0 Å². The first-order chi connectivity index (χ1) is 10.7. The standard InChI is InChI=1S/C16H17N5O/c1-3-4-12-15-13(21-16(17)20-12)7-6-11(19-15)10-5-8-14(22-2)18-9-10/h5-9H,3-4H2,1-2H3,(H2,17,20,21). The predicted molar refractivity (Wildman–Crippen MR) is 85.5 cm³/mol. The number of nitrogens with two attached hydrogens (primary N) is 1. The Morgan fingerprint density at radius 3 is 2.64 bits per heavy atom. The number of nitrogens with zero attached hydrogens (tertiary/aromatic N) is 4. The fraction of sp³-hybridized carbons (Fsp3) is 0.250. The van der Waals surface area contributed by atoms with Gasteiger partial charge in [0.15, 0.2) is 0 Å². The summed E-state index contributed by atoms with van der Waals surface area (Å²) in [6.45, 7) is 2.10. The number of pyridine rings is 2. The third kappa shape index (κ3) is 2.67. The van der Waals surface area contributed by atoms with Crippen molar-refractivity contribution in [2.24, 2.45) is 0 Å². The molecule has 0 aliphatic rings. The van der Waals surface area contributed by atoms with Gasteiger partial charge in [0.25, 0.3) is 0 Å². The lowest BCUT2D eigenvalue weighted by Crippen LogP contribution is -2.02. The lowest BCUT2D eigenvalue weighted by molar-refractivity contribution is 0.398. The number of fused-ring (bicyclic) bond motifs is 1. The van der Waals surface area contributed by atoms with Crippen molar-refractivity contribution in [1.82, 2.24) is 19.9 Å². The summed E-state index contributed by atoms with van der Waals surface area (Å²) in [5, 5.41) is 0. The van der Waals surface area contributed by atoms with Gasteiger partial charge >= 0.3 is 0 Å². The van der Waals surface area contributed by atoms with Crippen molar-refractivity contribution in [3.8, 4) is 17.1 Å². The Morgan fingerprint density at radius 1 is 1.09 bits per heavy atom. The van der Waals surface area contributed by atoms with E-state index >= 15 is 0 Å². The van der Waals surface area contributed by atoms with Crippen LogP contribution in [0.4, 0.5) is 5.95 Å². The second-order valence-corrected chi connectivity index (χ2v) is 4.93. The zero-order valence-corrected chi connectivity index (χ0v) is 12.6. The monoisotopic (exact) mass is 295 g/mol. The summed E-state index contributed by atoms with van der Waals surface area (Å²) in [6, 6.07) is 7.57. The largest absolute Gasteiger partial charge is 0.481 e. The Kier molecular flexibility index (Phi) is 3.82. The van der Waals surface area contributed by atoms with Crippen LogP contribution in [0.25, 0.3) is 22.3 Å². The number of aromatic nitrogens is 4. The summed E-state index contributed by atoms with van der Waals surface area (Å²) in [4.78, 5) is 17.5. The van der Waals surface area contributed by atoms with Crippen molar-refractivity contribution in [1.29, 1.82) is 0 Å². The maximum absolute atomic E-state index is 5.76. The van der Waals surface area contributed by atoms with Crippen LogP contribution in [0, 0.1) is 0 Å². The zero-order chi connectivity index (χ0) is 15.5. The molecule has 6 nitrogen and oxygen atoms in total. The zero-order valence-electron chi connectivity index (χ0n) is 12.6. The number of hydrogen-bond acceptors (Lipinski definition) is 6. The van der Waals surface area contributed by atoms with Crippen LogP contribution in [-0.4, -0.2) is 27.0 Å². The van der Waals surface area contributed by atoms with Crippen LogP contribution in [0.3, 0.4) is 0 Å². The average molecular weight is 295 g/mol. The summed E-state index contributed by atoms with van der Waals surface area (Å²) < 4.78 is 5.07. The maximum Gasteiger partial charge on any atom is 0.220 e. The van der Waals surface area contributed by atoms with E-state index in [2.05, 4.69) is 21.9 Å². The first-order valence-corrected chi connectivity index (χ1v) is 7.15. The molecule has 0 unspecified atom stereocenters. The second-order valence-electron chi connectivity index (χ2n) is 4.93. The molecule has 6 heteroatoms. The molecule has 22 heavy (non-hydrogen) atoms. The first kappa shape index (κ1) is 14.2. The van der Waals surface area contributed by atoms with Gasteiger partial charge in [-0.1, -0.05) is 13.3 Å². The lowest BCUT2D eigenvalue weighted by atomic mass is 10.1. The highest BCUT2D eigenvalue weighted by Crippen LogP contribution is 2.23. The minimum absolute atomic E-state index is 0.289.